The van der Waals surface area contributed by atoms with Crippen LogP contribution in [-0.2, 0) is 9.53 Å². The van der Waals surface area contributed by atoms with Crippen molar-refractivity contribution in [3.05, 3.63) is 0 Å². The van der Waals surface area contributed by atoms with Gasteiger partial charge < -0.3 is 9.84 Å². The molecule has 0 rings (SSSR count). The maximum atomic E-state index is 13.4. The first-order valence-electron chi connectivity index (χ1n) is 8.19. The number of hydrogen-bond acceptors (Lipinski definition) is 3. The third-order valence-corrected chi connectivity index (χ3v) is 3.55. The summed E-state index contributed by atoms with van der Waals surface area (Å²) in [6.07, 6.45) is 7.58. The maximum Gasteiger partial charge on any atom is 0.379 e. The fourth-order valence-corrected chi connectivity index (χ4v) is 2.19. The van der Waals surface area contributed by atoms with E-state index in [1.807, 2.05) is 0 Å². The normalized spacial score (nSPS) is 13.2. The molecule has 126 valence electrons. The van der Waals surface area contributed by atoms with Crippen LogP contribution < -0.4 is 0 Å². The van der Waals surface area contributed by atoms with Gasteiger partial charge in [0.05, 0.1) is 6.61 Å². The second-order valence-corrected chi connectivity index (χ2v) is 5.48. The largest absolute Gasteiger partial charge is 0.461 e. The molecule has 0 heterocycles. The number of esters is 1. The number of carbonyl (C=O) groups excluding carboxylic acids is 1. The minimum absolute atomic E-state index is 0.0678. The van der Waals surface area contributed by atoms with Crippen LogP contribution in [0, 0.1) is 0 Å². The van der Waals surface area contributed by atoms with E-state index >= 15 is 0 Å². The summed E-state index contributed by atoms with van der Waals surface area (Å²) < 4.78 is 31.1. The maximum absolute atomic E-state index is 13.4. The van der Waals surface area contributed by atoms with Crippen LogP contribution in [0.4, 0.5) is 8.78 Å². The second kappa shape index (κ2) is 11.9. The molecule has 0 bridgehead atoms. The fourth-order valence-electron chi connectivity index (χ4n) is 2.19. The summed E-state index contributed by atoms with van der Waals surface area (Å²) in [6, 6.07) is 0. The van der Waals surface area contributed by atoms with Gasteiger partial charge in [-0.05, 0) is 13.3 Å². The lowest BCUT2D eigenvalue weighted by Crippen LogP contribution is -2.42. The lowest BCUT2D eigenvalue weighted by atomic mass is 10.0. The van der Waals surface area contributed by atoms with Gasteiger partial charge in [0.25, 0.3) is 0 Å². The van der Waals surface area contributed by atoms with Crippen molar-refractivity contribution in [2.75, 3.05) is 6.61 Å². The first kappa shape index (κ1) is 20.3. The average Bonchev–Trinajstić information content (AvgIpc) is 2.45. The van der Waals surface area contributed by atoms with Crippen molar-refractivity contribution in [1.29, 1.82) is 0 Å². The SMILES string of the molecule is CCCCCCCCCCC[C@@H](O)C(F)(F)C(=O)OCC. The van der Waals surface area contributed by atoms with Gasteiger partial charge in [0, 0.05) is 0 Å². The second-order valence-electron chi connectivity index (χ2n) is 5.48. The Morgan fingerprint density at radius 1 is 1.00 bits per heavy atom. The van der Waals surface area contributed by atoms with E-state index in [9.17, 15) is 18.7 Å². The highest BCUT2D eigenvalue weighted by atomic mass is 19.3. The van der Waals surface area contributed by atoms with Crippen molar-refractivity contribution in [1.82, 2.24) is 0 Å². The van der Waals surface area contributed by atoms with E-state index in [1.54, 1.807) is 0 Å². The van der Waals surface area contributed by atoms with E-state index in [0.29, 0.717) is 6.42 Å². The Morgan fingerprint density at radius 3 is 1.95 bits per heavy atom. The number of carbonyl (C=O) groups is 1. The fraction of sp³-hybridized carbons (Fsp3) is 0.938. The monoisotopic (exact) mass is 308 g/mol. The highest BCUT2D eigenvalue weighted by Crippen LogP contribution is 2.24. The lowest BCUT2D eigenvalue weighted by Gasteiger charge is -2.20. The molecule has 0 radical (unpaired) electrons. The van der Waals surface area contributed by atoms with Crippen molar-refractivity contribution in [3.63, 3.8) is 0 Å². The Kier molecular flexibility index (Phi) is 11.5. The molecule has 0 amide bonds. The third-order valence-electron chi connectivity index (χ3n) is 3.55. The Bertz CT molecular complexity index is 270. The van der Waals surface area contributed by atoms with Crippen molar-refractivity contribution in [3.8, 4) is 0 Å². The number of aliphatic hydroxyl groups excluding tert-OH is 1. The molecule has 0 saturated carbocycles. The van der Waals surface area contributed by atoms with Gasteiger partial charge in [0.1, 0.15) is 6.10 Å². The number of rotatable bonds is 13. The minimum Gasteiger partial charge on any atom is -0.461 e. The third kappa shape index (κ3) is 9.02. The number of unbranched alkanes of at least 4 members (excludes halogenated alkanes) is 8. The van der Waals surface area contributed by atoms with Crippen LogP contribution in [0.25, 0.3) is 0 Å². The van der Waals surface area contributed by atoms with Gasteiger partial charge in [-0.25, -0.2) is 4.79 Å². The lowest BCUT2D eigenvalue weighted by molar-refractivity contribution is -0.188. The first-order valence-corrected chi connectivity index (χ1v) is 8.19. The molecule has 5 heteroatoms. The van der Waals surface area contributed by atoms with E-state index in [2.05, 4.69) is 11.7 Å². The molecule has 0 fully saturated rings. The van der Waals surface area contributed by atoms with Gasteiger partial charge in [0.2, 0.25) is 0 Å². The van der Waals surface area contributed by atoms with Gasteiger partial charge >= 0.3 is 11.9 Å². The summed E-state index contributed by atoms with van der Waals surface area (Å²) in [7, 11) is 0. The zero-order chi connectivity index (χ0) is 16.1. The minimum atomic E-state index is -3.80. The van der Waals surface area contributed by atoms with Crippen LogP contribution in [-0.4, -0.2) is 29.7 Å². The zero-order valence-corrected chi connectivity index (χ0v) is 13.4. The van der Waals surface area contributed by atoms with Crippen LogP contribution in [0.3, 0.4) is 0 Å². The summed E-state index contributed by atoms with van der Waals surface area (Å²) in [5, 5.41) is 9.42. The van der Waals surface area contributed by atoms with E-state index in [4.69, 9.17) is 0 Å². The summed E-state index contributed by atoms with van der Waals surface area (Å²) >= 11 is 0. The van der Waals surface area contributed by atoms with Crippen LogP contribution in [0.5, 0.6) is 0 Å². The van der Waals surface area contributed by atoms with E-state index in [0.717, 1.165) is 19.3 Å². The van der Waals surface area contributed by atoms with Crippen LogP contribution in [0.2, 0.25) is 0 Å². The number of halogens is 2. The molecule has 0 aromatic rings. The summed E-state index contributed by atoms with van der Waals surface area (Å²) in [5.41, 5.74) is 0. The summed E-state index contributed by atoms with van der Waals surface area (Å²) in [6.45, 7) is 3.53. The zero-order valence-electron chi connectivity index (χ0n) is 13.4. The average molecular weight is 308 g/mol. The van der Waals surface area contributed by atoms with Crippen molar-refractivity contribution in [2.45, 2.75) is 90.1 Å². The molecule has 0 aromatic heterocycles. The van der Waals surface area contributed by atoms with Crippen LogP contribution in [0.1, 0.15) is 78.1 Å². The molecule has 0 saturated heterocycles. The first-order chi connectivity index (χ1) is 9.96. The number of alkyl halides is 2. The van der Waals surface area contributed by atoms with Gasteiger partial charge in [-0.2, -0.15) is 8.78 Å². The van der Waals surface area contributed by atoms with E-state index in [-0.39, 0.29) is 13.0 Å². The smallest absolute Gasteiger partial charge is 0.379 e. The highest BCUT2D eigenvalue weighted by molar-refractivity contribution is 5.78. The Morgan fingerprint density at radius 2 is 1.48 bits per heavy atom. The topological polar surface area (TPSA) is 46.5 Å². The molecular weight excluding hydrogens is 278 g/mol. The molecule has 1 N–H and O–H groups in total. The van der Waals surface area contributed by atoms with Gasteiger partial charge in [-0.3, -0.25) is 0 Å². The molecule has 0 aliphatic carbocycles. The van der Waals surface area contributed by atoms with Gasteiger partial charge in [-0.1, -0.05) is 64.7 Å². The molecule has 21 heavy (non-hydrogen) atoms. The molecule has 0 unspecified atom stereocenters. The molecular formula is C16H30F2O3. The van der Waals surface area contributed by atoms with Crippen molar-refractivity contribution >= 4 is 5.97 Å². The quantitative estimate of drug-likeness (QED) is 0.403. The van der Waals surface area contributed by atoms with Crippen LogP contribution >= 0.6 is 0 Å². The van der Waals surface area contributed by atoms with E-state index in [1.165, 1.54) is 39.0 Å². The number of ether oxygens (including phenoxy) is 1. The molecule has 0 spiro atoms. The predicted molar refractivity (Wildman–Crippen MR) is 79.4 cm³/mol. The highest BCUT2D eigenvalue weighted by Gasteiger charge is 2.47. The summed E-state index contributed by atoms with van der Waals surface area (Å²) in [5.74, 6) is -5.43. The Labute approximate surface area is 127 Å². The Hall–Kier alpha value is -0.710. The standard InChI is InChI=1S/C16H30F2O3/c1-3-5-6-7-8-9-10-11-12-13-14(19)16(17,18)15(20)21-4-2/h14,19H,3-13H2,1-2H3/t14-/m1/s1. The van der Waals surface area contributed by atoms with Crippen molar-refractivity contribution in [2.24, 2.45) is 0 Å². The summed E-state index contributed by atoms with van der Waals surface area (Å²) in [4.78, 5) is 11.0. The molecule has 0 aliphatic rings. The van der Waals surface area contributed by atoms with Gasteiger partial charge in [0.15, 0.2) is 0 Å². The van der Waals surface area contributed by atoms with Gasteiger partial charge in [-0.15, -0.1) is 0 Å². The van der Waals surface area contributed by atoms with Crippen LogP contribution in [0.15, 0.2) is 0 Å². The molecule has 0 aliphatic heterocycles. The predicted octanol–water partition coefficient (Wildman–Crippen LogP) is 4.47. The number of hydrogen-bond donors (Lipinski definition) is 1. The molecule has 3 nitrogen and oxygen atoms in total. The van der Waals surface area contributed by atoms with E-state index < -0.39 is 18.0 Å². The molecule has 0 aromatic carbocycles. The Balaban J connectivity index is 3.65. The van der Waals surface area contributed by atoms with Crippen molar-refractivity contribution < 1.29 is 23.4 Å². The molecule has 1 atom stereocenters. The number of aliphatic hydroxyl groups is 1.